The van der Waals surface area contributed by atoms with Crippen molar-refractivity contribution in [3.05, 3.63) is 182 Å². The van der Waals surface area contributed by atoms with Crippen LogP contribution in [0.3, 0.4) is 0 Å². The molecule has 0 aromatic heterocycles. The summed E-state index contributed by atoms with van der Waals surface area (Å²) >= 11 is 0. The Morgan fingerprint density at radius 3 is 0.759 bits per heavy atom. The van der Waals surface area contributed by atoms with Gasteiger partial charge in [0.25, 0.3) is 0 Å². The zero-order valence-electron chi connectivity index (χ0n) is 53.1. The molecule has 0 aliphatic carbocycles. The molecule has 0 N–H and O–H groups in total. The van der Waals surface area contributed by atoms with Crippen LogP contribution in [0.25, 0.3) is 0 Å². The summed E-state index contributed by atoms with van der Waals surface area (Å²) in [5.41, 5.74) is 0. The molecular formula is C77H120O6. The summed E-state index contributed by atoms with van der Waals surface area (Å²) < 4.78 is 16.9. The molecule has 0 radical (unpaired) electrons. The van der Waals surface area contributed by atoms with Crippen LogP contribution < -0.4 is 0 Å². The van der Waals surface area contributed by atoms with Gasteiger partial charge in [-0.2, -0.15) is 0 Å². The second-order valence-corrected chi connectivity index (χ2v) is 21.3. The average molecular weight is 1140 g/mol. The minimum atomic E-state index is -0.816. The molecule has 0 aromatic rings. The van der Waals surface area contributed by atoms with Crippen LogP contribution >= 0.6 is 0 Å². The molecule has 0 aliphatic rings. The molecule has 6 nitrogen and oxygen atoms in total. The van der Waals surface area contributed by atoms with Crippen LogP contribution in [0.5, 0.6) is 0 Å². The molecular weight excluding hydrogens is 1020 g/mol. The van der Waals surface area contributed by atoms with Crippen LogP contribution in [-0.2, 0) is 28.6 Å². The summed E-state index contributed by atoms with van der Waals surface area (Å²) in [5, 5.41) is 0. The van der Waals surface area contributed by atoms with Crippen molar-refractivity contribution in [2.24, 2.45) is 0 Å². The predicted molar refractivity (Wildman–Crippen MR) is 361 cm³/mol. The summed E-state index contributed by atoms with van der Waals surface area (Å²) in [6, 6.07) is 0. The summed E-state index contributed by atoms with van der Waals surface area (Å²) in [6.45, 7) is 6.34. The second-order valence-electron chi connectivity index (χ2n) is 21.3. The van der Waals surface area contributed by atoms with E-state index in [1.807, 2.05) is 0 Å². The van der Waals surface area contributed by atoms with Gasteiger partial charge >= 0.3 is 17.9 Å². The maximum absolute atomic E-state index is 12.9. The van der Waals surface area contributed by atoms with Gasteiger partial charge in [-0.3, -0.25) is 14.4 Å². The molecule has 0 amide bonds. The SMILES string of the molecule is CC/C=C\C/C=C\C/C=C\C/C=C\C/C=C\C/C=C\C/C=C\C/C=C\C/C=C\C/C=C\CCCCC(=O)OCC(COC(=O)CCCCCCCCCCCCC)OC(=O)CCCCCCC/C=C\C/C=C\C/C=C\C/C=C\C/C=C\CC. The van der Waals surface area contributed by atoms with E-state index < -0.39 is 6.10 Å². The van der Waals surface area contributed by atoms with E-state index in [-0.39, 0.29) is 44.0 Å². The van der Waals surface area contributed by atoms with E-state index >= 15 is 0 Å². The molecule has 0 saturated heterocycles. The molecule has 0 aliphatic heterocycles. The molecule has 1 unspecified atom stereocenters. The van der Waals surface area contributed by atoms with Gasteiger partial charge in [-0.1, -0.05) is 287 Å². The minimum absolute atomic E-state index is 0.106. The van der Waals surface area contributed by atoms with Crippen molar-refractivity contribution in [1.29, 1.82) is 0 Å². The first-order chi connectivity index (χ1) is 41.0. The smallest absolute Gasteiger partial charge is 0.306 e. The number of carbonyl (C=O) groups excluding carboxylic acids is 3. The van der Waals surface area contributed by atoms with Crippen LogP contribution in [-0.4, -0.2) is 37.2 Å². The molecule has 0 saturated carbocycles. The number of hydrogen-bond donors (Lipinski definition) is 0. The van der Waals surface area contributed by atoms with Crippen LogP contribution in [0.2, 0.25) is 0 Å². The van der Waals surface area contributed by atoms with Crippen LogP contribution in [0.15, 0.2) is 182 Å². The number of rotatable bonds is 58. The van der Waals surface area contributed by atoms with Gasteiger partial charge in [0.05, 0.1) is 0 Å². The Hall–Kier alpha value is -5.49. The highest BCUT2D eigenvalue weighted by Gasteiger charge is 2.19. The van der Waals surface area contributed by atoms with E-state index in [2.05, 4.69) is 203 Å². The van der Waals surface area contributed by atoms with Gasteiger partial charge in [-0.05, 0) is 141 Å². The maximum atomic E-state index is 12.9. The van der Waals surface area contributed by atoms with E-state index in [1.165, 1.54) is 51.4 Å². The molecule has 6 heteroatoms. The quantitative estimate of drug-likeness (QED) is 0.0261. The molecule has 0 fully saturated rings. The highest BCUT2D eigenvalue weighted by Crippen LogP contribution is 2.14. The zero-order valence-corrected chi connectivity index (χ0v) is 53.1. The monoisotopic (exact) mass is 1140 g/mol. The number of unbranched alkanes of at least 4 members (excludes halogenated alkanes) is 17. The second kappa shape index (κ2) is 69.0. The van der Waals surface area contributed by atoms with Gasteiger partial charge in [-0.15, -0.1) is 0 Å². The molecule has 0 spiro atoms. The minimum Gasteiger partial charge on any atom is -0.462 e. The van der Waals surface area contributed by atoms with Gasteiger partial charge < -0.3 is 14.2 Å². The summed E-state index contributed by atoms with van der Waals surface area (Å²) in [7, 11) is 0. The highest BCUT2D eigenvalue weighted by molar-refractivity contribution is 5.71. The Labute approximate surface area is 510 Å². The number of esters is 3. The standard InChI is InChI=1S/C77H120O6/c1-4-7-10-13-16-19-22-24-26-28-30-32-33-34-35-36-37-38-39-40-41-42-43-45-46-48-50-52-55-58-61-64-67-70-76(79)82-73-74(72-81-75(78)69-66-63-60-57-54-21-18-15-12-9-6-3)83-77(80)71-68-65-62-59-56-53-51-49-47-44-31-29-27-25-23-20-17-14-11-8-5-2/h7-8,10-11,16-17,19-20,24-27,30-32,34-35,37-38,40-41,43-45,48-51,55,58,74H,4-6,9,12-15,18,21-23,28-29,33,36,39,42,46-47,52-54,56-57,59-73H2,1-3H3/b10-7-,11-8-,19-16-,20-17-,26-24-,27-25-,32-30-,35-34-,38-37-,41-40-,44-31-,45-43-,50-48-,51-49-,58-55-. The Balaban J connectivity index is 4.42. The molecule has 464 valence electrons. The Bertz CT molecular complexity index is 1940. The number of carbonyl (C=O) groups is 3. The van der Waals surface area contributed by atoms with E-state index in [0.29, 0.717) is 12.8 Å². The molecule has 83 heavy (non-hydrogen) atoms. The largest absolute Gasteiger partial charge is 0.462 e. The van der Waals surface area contributed by atoms with Crippen LogP contribution in [0.1, 0.15) is 265 Å². The van der Waals surface area contributed by atoms with Crippen molar-refractivity contribution >= 4 is 17.9 Å². The zero-order chi connectivity index (χ0) is 59.9. The van der Waals surface area contributed by atoms with Crippen LogP contribution in [0.4, 0.5) is 0 Å². The fourth-order valence-corrected chi connectivity index (χ4v) is 8.50. The number of ether oxygens (including phenoxy) is 3. The summed E-state index contributed by atoms with van der Waals surface area (Å²) in [4.78, 5) is 38.3. The Kier molecular flexibility index (Phi) is 64.4. The topological polar surface area (TPSA) is 78.9 Å². The van der Waals surface area contributed by atoms with Crippen molar-refractivity contribution < 1.29 is 28.6 Å². The first-order valence-electron chi connectivity index (χ1n) is 33.3. The molecule has 0 aromatic carbocycles. The van der Waals surface area contributed by atoms with Gasteiger partial charge in [0.2, 0.25) is 0 Å². The van der Waals surface area contributed by atoms with Gasteiger partial charge in [0, 0.05) is 19.3 Å². The molecule has 0 rings (SSSR count). The first kappa shape index (κ1) is 77.5. The fraction of sp³-hybridized carbons (Fsp3) is 0.571. The van der Waals surface area contributed by atoms with Gasteiger partial charge in [-0.25, -0.2) is 0 Å². The van der Waals surface area contributed by atoms with Gasteiger partial charge in [0.15, 0.2) is 6.10 Å². The lowest BCUT2D eigenvalue weighted by molar-refractivity contribution is -0.167. The van der Waals surface area contributed by atoms with Crippen molar-refractivity contribution in [2.45, 2.75) is 271 Å². The lowest BCUT2D eigenvalue weighted by Crippen LogP contribution is -2.30. The lowest BCUT2D eigenvalue weighted by Gasteiger charge is -2.18. The number of hydrogen-bond acceptors (Lipinski definition) is 6. The van der Waals surface area contributed by atoms with E-state index in [9.17, 15) is 14.4 Å². The highest BCUT2D eigenvalue weighted by atomic mass is 16.6. The van der Waals surface area contributed by atoms with E-state index in [0.717, 1.165) is 167 Å². The van der Waals surface area contributed by atoms with E-state index in [4.69, 9.17) is 14.2 Å². The predicted octanol–water partition coefficient (Wildman–Crippen LogP) is 23.2. The van der Waals surface area contributed by atoms with Crippen molar-refractivity contribution in [2.75, 3.05) is 13.2 Å². The fourth-order valence-electron chi connectivity index (χ4n) is 8.50. The van der Waals surface area contributed by atoms with Gasteiger partial charge in [0.1, 0.15) is 13.2 Å². The third-order valence-corrected chi connectivity index (χ3v) is 13.4. The Morgan fingerprint density at radius 1 is 0.253 bits per heavy atom. The maximum Gasteiger partial charge on any atom is 0.306 e. The van der Waals surface area contributed by atoms with E-state index in [1.54, 1.807) is 0 Å². The van der Waals surface area contributed by atoms with Crippen molar-refractivity contribution in [1.82, 2.24) is 0 Å². The first-order valence-corrected chi connectivity index (χ1v) is 33.3. The summed E-state index contributed by atoms with van der Waals surface area (Å²) in [5.74, 6) is -0.977. The lowest BCUT2D eigenvalue weighted by atomic mass is 10.1. The normalized spacial score (nSPS) is 13.3. The third-order valence-electron chi connectivity index (χ3n) is 13.4. The molecule has 0 bridgehead atoms. The Morgan fingerprint density at radius 2 is 0.470 bits per heavy atom. The molecule has 0 heterocycles. The summed E-state index contributed by atoms with van der Waals surface area (Å²) in [6.07, 6.45) is 103. The number of allylic oxidation sites excluding steroid dienone is 30. The van der Waals surface area contributed by atoms with Crippen LogP contribution in [0, 0.1) is 0 Å². The molecule has 1 atom stereocenters. The van der Waals surface area contributed by atoms with Crippen molar-refractivity contribution in [3.8, 4) is 0 Å². The average Bonchev–Trinajstić information content (AvgIpc) is 3.48. The third kappa shape index (κ3) is 67.2. The van der Waals surface area contributed by atoms with Crippen molar-refractivity contribution in [3.63, 3.8) is 0 Å².